The van der Waals surface area contributed by atoms with Gasteiger partial charge in [0.15, 0.2) is 0 Å². The Labute approximate surface area is 172 Å². The summed E-state index contributed by atoms with van der Waals surface area (Å²) in [5.74, 6) is -0.165. The summed E-state index contributed by atoms with van der Waals surface area (Å²) in [5, 5.41) is 1.41. The smallest absolute Gasteiger partial charge is 0.339 e. The first kappa shape index (κ1) is 22.4. The first-order chi connectivity index (χ1) is 13.3. The van der Waals surface area contributed by atoms with Gasteiger partial charge in [-0.3, -0.25) is 0 Å². The second-order valence-corrected chi connectivity index (χ2v) is 13.5. The molecule has 2 aromatic rings. The Morgan fingerprint density at radius 1 is 0.929 bits per heavy atom. The van der Waals surface area contributed by atoms with Crippen LogP contribution in [-0.2, 0) is 17.6 Å². The van der Waals surface area contributed by atoms with Crippen LogP contribution >= 0.6 is 0 Å². The van der Waals surface area contributed by atoms with Gasteiger partial charge in [-0.25, -0.2) is 4.79 Å². The lowest BCUT2D eigenvalue weighted by Crippen LogP contribution is -2.43. The standard InChI is InChI=1S/C25H36O2Si/c1-8-14-20-18(4)24(28(5,6)7)22(19-16-12-11-13-17-19)23(21(20)15-9-2)25(26)27-10-3/h11-13,16-17H,8-10,14-15H2,1-7H3. The number of carbonyl (C=O) groups excluding carboxylic acids is 1. The minimum absolute atomic E-state index is 0.165. The Morgan fingerprint density at radius 3 is 2.00 bits per heavy atom. The van der Waals surface area contributed by atoms with E-state index in [1.54, 1.807) is 0 Å². The van der Waals surface area contributed by atoms with E-state index in [-0.39, 0.29) is 5.97 Å². The average Bonchev–Trinajstić information content (AvgIpc) is 2.64. The van der Waals surface area contributed by atoms with Crippen LogP contribution in [0.4, 0.5) is 0 Å². The summed E-state index contributed by atoms with van der Waals surface area (Å²) in [7, 11) is -1.72. The van der Waals surface area contributed by atoms with E-state index in [9.17, 15) is 4.79 Å². The fourth-order valence-corrected chi connectivity index (χ4v) is 6.66. The molecule has 2 nitrogen and oxygen atoms in total. The lowest BCUT2D eigenvalue weighted by Gasteiger charge is -2.30. The maximum atomic E-state index is 13.3. The van der Waals surface area contributed by atoms with Gasteiger partial charge in [-0.15, -0.1) is 0 Å². The van der Waals surface area contributed by atoms with Crippen molar-refractivity contribution in [3.63, 3.8) is 0 Å². The first-order valence-electron chi connectivity index (χ1n) is 10.7. The van der Waals surface area contributed by atoms with E-state index in [4.69, 9.17) is 4.74 Å². The largest absolute Gasteiger partial charge is 0.462 e. The molecule has 0 fully saturated rings. The van der Waals surface area contributed by atoms with Crippen LogP contribution < -0.4 is 5.19 Å². The molecular weight excluding hydrogens is 360 g/mol. The van der Waals surface area contributed by atoms with Crippen LogP contribution in [0.1, 0.15) is 60.7 Å². The normalized spacial score (nSPS) is 11.5. The van der Waals surface area contributed by atoms with Crippen molar-refractivity contribution in [2.45, 2.75) is 73.0 Å². The van der Waals surface area contributed by atoms with E-state index >= 15 is 0 Å². The topological polar surface area (TPSA) is 26.3 Å². The summed E-state index contributed by atoms with van der Waals surface area (Å²) in [5.41, 5.74) is 7.06. The molecule has 0 radical (unpaired) electrons. The van der Waals surface area contributed by atoms with Crippen LogP contribution in [0.15, 0.2) is 30.3 Å². The van der Waals surface area contributed by atoms with Gasteiger partial charge in [0.05, 0.1) is 20.2 Å². The summed E-state index contributed by atoms with van der Waals surface area (Å²) in [6.07, 6.45) is 4.02. The maximum Gasteiger partial charge on any atom is 0.339 e. The fraction of sp³-hybridized carbons (Fsp3) is 0.480. The van der Waals surface area contributed by atoms with E-state index in [1.165, 1.54) is 21.9 Å². The zero-order valence-electron chi connectivity index (χ0n) is 18.7. The molecular formula is C25H36O2Si. The molecule has 0 N–H and O–H groups in total. The van der Waals surface area contributed by atoms with Crippen molar-refractivity contribution in [1.82, 2.24) is 0 Å². The van der Waals surface area contributed by atoms with Gasteiger partial charge in [-0.05, 0) is 59.7 Å². The predicted molar refractivity (Wildman–Crippen MR) is 124 cm³/mol. The van der Waals surface area contributed by atoms with Crippen LogP contribution in [0.25, 0.3) is 11.1 Å². The van der Waals surface area contributed by atoms with Crippen molar-refractivity contribution in [2.75, 3.05) is 6.61 Å². The van der Waals surface area contributed by atoms with Gasteiger partial charge in [-0.1, -0.05) is 76.7 Å². The quantitative estimate of drug-likeness (QED) is 0.387. The van der Waals surface area contributed by atoms with Crippen LogP contribution in [0.3, 0.4) is 0 Å². The highest BCUT2D eigenvalue weighted by Gasteiger charge is 2.32. The molecule has 152 valence electrons. The lowest BCUT2D eigenvalue weighted by atomic mass is 9.85. The van der Waals surface area contributed by atoms with Crippen molar-refractivity contribution in [2.24, 2.45) is 0 Å². The molecule has 2 aromatic carbocycles. The van der Waals surface area contributed by atoms with Crippen molar-refractivity contribution in [3.8, 4) is 11.1 Å². The number of benzene rings is 2. The van der Waals surface area contributed by atoms with E-state index in [1.807, 2.05) is 13.0 Å². The Kier molecular flexibility index (Phi) is 7.65. The molecule has 0 spiro atoms. The number of hydrogen-bond donors (Lipinski definition) is 0. The zero-order chi connectivity index (χ0) is 20.9. The molecule has 0 amide bonds. The minimum atomic E-state index is -1.72. The third-order valence-electron chi connectivity index (χ3n) is 5.29. The van der Waals surface area contributed by atoms with Gasteiger partial charge in [0.25, 0.3) is 0 Å². The number of esters is 1. The molecule has 0 heterocycles. The van der Waals surface area contributed by atoms with E-state index in [0.717, 1.165) is 42.4 Å². The van der Waals surface area contributed by atoms with Crippen LogP contribution in [-0.4, -0.2) is 20.7 Å². The Hall–Kier alpha value is -1.87. The Bertz CT molecular complexity index is 817. The highest BCUT2D eigenvalue weighted by atomic mass is 28.3. The van der Waals surface area contributed by atoms with E-state index < -0.39 is 8.07 Å². The van der Waals surface area contributed by atoms with Gasteiger partial charge < -0.3 is 4.74 Å². The number of rotatable bonds is 8. The molecule has 0 atom stereocenters. The minimum Gasteiger partial charge on any atom is -0.462 e. The summed E-state index contributed by atoms with van der Waals surface area (Å²) in [6, 6.07) is 10.4. The van der Waals surface area contributed by atoms with Crippen LogP contribution in [0, 0.1) is 6.92 Å². The summed E-state index contributed by atoms with van der Waals surface area (Å²) in [6.45, 7) is 16.1. The molecule has 0 aliphatic carbocycles. The molecule has 0 aromatic heterocycles. The third kappa shape index (κ3) is 4.57. The average molecular weight is 397 g/mol. The van der Waals surface area contributed by atoms with Crippen LogP contribution in [0.5, 0.6) is 0 Å². The molecule has 0 saturated heterocycles. The van der Waals surface area contributed by atoms with Gasteiger partial charge in [-0.2, -0.15) is 0 Å². The second kappa shape index (κ2) is 9.55. The number of ether oxygens (including phenoxy) is 1. The van der Waals surface area contributed by atoms with Gasteiger partial charge in [0.1, 0.15) is 0 Å². The van der Waals surface area contributed by atoms with Crippen molar-refractivity contribution < 1.29 is 9.53 Å². The summed E-state index contributed by atoms with van der Waals surface area (Å²) in [4.78, 5) is 13.3. The molecule has 0 bridgehead atoms. The summed E-state index contributed by atoms with van der Waals surface area (Å²) < 4.78 is 5.59. The number of hydrogen-bond acceptors (Lipinski definition) is 2. The Morgan fingerprint density at radius 2 is 1.50 bits per heavy atom. The Balaban J connectivity index is 3.06. The fourth-order valence-electron chi connectivity index (χ4n) is 4.37. The highest BCUT2D eigenvalue weighted by molar-refractivity contribution is 6.90. The van der Waals surface area contributed by atoms with Crippen molar-refractivity contribution >= 4 is 19.2 Å². The van der Waals surface area contributed by atoms with Gasteiger partial charge in [0.2, 0.25) is 0 Å². The highest BCUT2D eigenvalue weighted by Crippen LogP contribution is 2.34. The van der Waals surface area contributed by atoms with Crippen molar-refractivity contribution in [3.05, 3.63) is 52.6 Å². The van der Waals surface area contributed by atoms with E-state index in [2.05, 4.69) is 64.7 Å². The molecule has 0 unspecified atom stereocenters. The summed E-state index contributed by atoms with van der Waals surface area (Å²) >= 11 is 0. The number of carbonyl (C=O) groups is 1. The molecule has 0 aliphatic rings. The monoisotopic (exact) mass is 396 g/mol. The maximum absolute atomic E-state index is 13.3. The molecule has 0 saturated carbocycles. The zero-order valence-corrected chi connectivity index (χ0v) is 19.7. The van der Waals surface area contributed by atoms with E-state index in [0.29, 0.717) is 6.61 Å². The second-order valence-electron chi connectivity index (χ2n) is 8.54. The van der Waals surface area contributed by atoms with Crippen molar-refractivity contribution in [1.29, 1.82) is 0 Å². The molecule has 2 rings (SSSR count). The SMILES string of the molecule is CCCc1c(C)c([Si](C)(C)C)c(-c2ccccc2)c(C(=O)OCC)c1CCC. The third-order valence-corrected chi connectivity index (χ3v) is 7.41. The van der Waals surface area contributed by atoms with Gasteiger partial charge >= 0.3 is 5.97 Å². The first-order valence-corrected chi connectivity index (χ1v) is 14.2. The van der Waals surface area contributed by atoms with Gasteiger partial charge in [0, 0.05) is 0 Å². The molecule has 28 heavy (non-hydrogen) atoms. The molecule has 3 heteroatoms. The van der Waals surface area contributed by atoms with Crippen LogP contribution in [0.2, 0.25) is 19.6 Å². The predicted octanol–water partition coefficient (Wildman–Crippen LogP) is 6.29. The lowest BCUT2D eigenvalue weighted by molar-refractivity contribution is 0.0526. The molecule has 0 aliphatic heterocycles.